The summed E-state index contributed by atoms with van der Waals surface area (Å²) in [5, 5.41) is 0. The van der Waals surface area contributed by atoms with Crippen LogP contribution in [-0.2, 0) is 10.0 Å². The summed E-state index contributed by atoms with van der Waals surface area (Å²) < 4.78 is 28.0. The Morgan fingerprint density at radius 2 is 1.75 bits per heavy atom. The van der Waals surface area contributed by atoms with Gasteiger partial charge in [-0.1, -0.05) is 18.2 Å². The summed E-state index contributed by atoms with van der Waals surface area (Å²) in [4.78, 5) is 0.181. The molecule has 2 aromatic rings. The molecule has 4 nitrogen and oxygen atoms in total. The number of halogens is 1. The van der Waals surface area contributed by atoms with Crippen LogP contribution in [0.3, 0.4) is 0 Å². The van der Waals surface area contributed by atoms with Crippen molar-refractivity contribution < 1.29 is 8.42 Å². The highest BCUT2D eigenvalue weighted by atomic mass is 79.9. The van der Waals surface area contributed by atoms with Crippen molar-refractivity contribution in [3.05, 3.63) is 52.0 Å². The van der Waals surface area contributed by atoms with E-state index in [0.717, 1.165) is 11.1 Å². The Morgan fingerprint density at radius 3 is 2.40 bits per heavy atom. The fraction of sp³-hybridized carbons (Fsp3) is 0.143. The molecule has 0 radical (unpaired) electrons. The molecule has 0 aliphatic rings. The molecule has 0 unspecified atom stereocenters. The van der Waals surface area contributed by atoms with Gasteiger partial charge in [-0.25, -0.2) is 8.42 Å². The normalized spacial score (nSPS) is 11.3. The van der Waals surface area contributed by atoms with E-state index in [-0.39, 0.29) is 4.90 Å². The summed E-state index contributed by atoms with van der Waals surface area (Å²) in [6.45, 7) is 3.74. The molecule has 0 fully saturated rings. The Hall–Kier alpha value is -1.53. The molecule has 6 heteroatoms. The largest absolute Gasteiger partial charge is 0.397 e. The molecular formula is C14H15BrN2O2S. The van der Waals surface area contributed by atoms with E-state index in [2.05, 4.69) is 20.7 Å². The smallest absolute Gasteiger partial charge is 0.263 e. The second-order valence-electron chi connectivity index (χ2n) is 4.51. The van der Waals surface area contributed by atoms with Gasteiger partial charge in [0, 0.05) is 4.47 Å². The SMILES string of the molecule is Cc1ccc(N)c(NS(=O)(=O)c2ccccc2Br)c1C. The minimum atomic E-state index is -3.68. The Kier molecular flexibility index (Phi) is 4.06. The van der Waals surface area contributed by atoms with Gasteiger partial charge in [-0.05, 0) is 59.1 Å². The Morgan fingerprint density at radius 1 is 1.10 bits per heavy atom. The highest BCUT2D eigenvalue weighted by Crippen LogP contribution is 2.30. The second kappa shape index (κ2) is 5.46. The van der Waals surface area contributed by atoms with Crippen LogP contribution in [0, 0.1) is 13.8 Å². The van der Waals surface area contributed by atoms with Crippen molar-refractivity contribution in [3.63, 3.8) is 0 Å². The summed E-state index contributed by atoms with van der Waals surface area (Å²) in [6, 6.07) is 10.2. The van der Waals surface area contributed by atoms with Crippen molar-refractivity contribution in [2.24, 2.45) is 0 Å². The molecule has 0 saturated heterocycles. The van der Waals surface area contributed by atoms with Crippen LogP contribution in [0.2, 0.25) is 0 Å². The van der Waals surface area contributed by atoms with Crippen LogP contribution < -0.4 is 10.5 Å². The summed E-state index contributed by atoms with van der Waals surface area (Å²) in [5.41, 5.74) is 8.51. The van der Waals surface area contributed by atoms with Crippen LogP contribution >= 0.6 is 15.9 Å². The molecule has 0 bridgehead atoms. The third-order valence-electron chi connectivity index (χ3n) is 3.13. The summed E-state index contributed by atoms with van der Waals surface area (Å²) in [6.07, 6.45) is 0. The zero-order valence-corrected chi connectivity index (χ0v) is 13.5. The van der Waals surface area contributed by atoms with Gasteiger partial charge >= 0.3 is 0 Å². The number of nitrogens with one attached hydrogen (secondary N) is 1. The first kappa shape index (κ1) is 14.9. The number of nitrogen functional groups attached to an aromatic ring is 1. The average Bonchev–Trinajstić information content (AvgIpc) is 2.39. The summed E-state index contributed by atoms with van der Waals surface area (Å²) in [5.74, 6) is 0. The van der Waals surface area contributed by atoms with E-state index in [0.29, 0.717) is 15.8 Å². The maximum atomic E-state index is 12.4. The van der Waals surface area contributed by atoms with E-state index in [1.165, 1.54) is 6.07 Å². The predicted molar refractivity (Wildman–Crippen MR) is 85.3 cm³/mol. The molecule has 20 heavy (non-hydrogen) atoms. The first-order chi connectivity index (χ1) is 9.33. The molecule has 0 heterocycles. The highest BCUT2D eigenvalue weighted by molar-refractivity contribution is 9.10. The molecule has 0 atom stereocenters. The highest BCUT2D eigenvalue weighted by Gasteiger charge is 2.19. The van der Waals surface area contributed by atoms with Crippen LogP contribution in [0.15, 0.2) is 45.8 Å². The maximum absolute atomic E-state index is 12.4. The monoisotopic (exact) mass is 354 g/mol. The number of nitrogens with two attached hydrogens (primary N) is 1. The first-order valence-electron chi connectivity index (χ1n) is 5.96. The first-order valence-corrected chi connectivity index (χ1v) is 8.23. The Bertz CT molecular complexity index is 758. The van der Waals surface area contributed by atoms with E-state index in [4.69, 9.17) is 5.73 Å². The minimum Gasteiger partial charge on any atom is -0.397 e. The quantitative estimate of drug-likeness (QED) is 0.829. The molecule has 0 aliphatic heterocycles. The van der Waals surface area contributed by atoms with Crippen LogP contribution in [-0.4, -0.2) is 8.42 Å². The number of aryl methyl sites for hydroxylation is 1. The standard InChI is InChI=1S/C14H15BrN2O2S/c1-9-7-8-12(16)14(10(9)2)17-20(18,19)13-6-4-3-5-11(13)15/h3-8,17H,16H2,1-2H3. The molecular weight excluding hydrogens is 340 g/mol. The lowest BCUT2D eigenvalue weighted by Gasteiger charge is -2.15. The topological polar surface area (TPSA) is 72.2 Å². The van der Waals surface area contributed by atoms with E-state index in [9.17, 15) is 8.42 Å². The number of sulfonamides is 1. The average molecular weight is 355 g/mol. The summed E-state index contributed by atoms with van der Waals surface area (Å²) in [7, 11) is -3.68. The lowest BCUT2D eigenvalue weighted by atomic mass is 10.1. The molecule has 2 aromatic carbocycles. The van der Waals surface area contributed by atoms with Gasteiger partial charge in [0.05, 0.1) is 11.4 Å². The zero-order chi connectivity index (χ0) is 14.9. The third kappa shape index (κ3) is 2.81. The fourth-order valence-electron chi connectivity index (χ4n) is 1.82. The van der Waals surface area contributed by atoms with Crippen LogP contribution in [0.25, 0.3) is 0 Å². The van der Waals surface area contributed by atoms with Gasteiger partial charge in [-0.15, -0.1) is 0 Å². The predicted octanol–water partition coefficient (Wildman–Crippen LogP) is 3.45. The van der Waals surface area contributed by atoms with Crippen molar-refractivity contribution in [3.8, 4) is 0 Å². The Labute approximate surface area is 127 Å². The van der Waals surface area contributed by atoms with Gasteiger partial charge in [-0.2, -0.15) is 0 Å². The number of hydrogen-bond donors (Lipinski definition) is 2. The Balaban J connectivity index is 2.50. The molecule has 0 saturated carbocycles. The molecule has 2 rings (SSSR count). The van der Waals surface area contributed by atoms with Crippen LogP contribution in [0.5, 0.6) is 0 Å². The second-order valence-corrected chi connectivity index (χ2v) is 7.01. The number of rotatable bonds is 3. The van der Waals surface area contributed by atoms with Crippen molar-refractivity contribution in [1.82, 2.24) is 0 Å². The van der Waals surface area contributed by atoms with Crippen molar-refractivity contribution in [2.45, 2.75) is 18.7 Å². The molecule has 0 amide bonds. The lowest BCUT2D eigenvalue weighted by Crippen LogP contribution is -2.16. The van der Waals surface area contributed by atoms with Gasteiger partial charge in [0.2, 0.25) is 0 Å². The lowest BCUT2D eigenvalue weighted by molar-refractivity contribution is 0.600. The zero-order valence-electron chi connectivity index (χ0n) is 11.1. The van der Waals surface area contributed by atoms with Crippen LogP contribution in [0.4, 0.5) is 11.4 Å². The molecule has 106 valence electrons. The molecule has 0 spiro atoms. The third-order valence-corrected chi connectivity index (χ3v) is 5.49. The van der Waals surface area contributed by atoms with Gasteiger partial charge in [0.25, 0.3) is 10.0 Å². The maximum Gasteiger partial charge on any atom is 0.263 e. The molecule has 0 aliphatic carbocycles. The van der Waals surface area contributed by atoms with Crippen molar-refractivity contribution in [2.75, 3.05) is 10.5 Å². The van der Waals surface area contributed by atoms with E-state index in [1.54, 1.807) is 24.3 Å². The van der Waals surface area contributed by atoms with E-state index in [1.807, 2.05) is 19.9 Å². The number of anilines is 2. The number of hydrogen-bond acceptors (Lipinski definition) is 3. The molecule has 0 aromatic heterocycles. The van der Waals surface area contributed by atoms with Crippen molar-refractivity contribution in [1.29, 1.82) is 0 Å². The van der Waals surface area contributed by atoms with Crippen LogP contribution in [0.1, 0.15) is 11.1 Å². The van der Waals surface area contributed by atoms with Crippen molar-refractivity contribution >= 4 is 37.3 Å². The van der Waals surface area contributed by atoms with Gasteiger partial charge in [-0.3, -0.25) is 4.72 Å². The minimum absolute atomic E-state index is 0.181. The summed E-state index contributed by atoms with van der Waals surface area (Å²) >= 11 is 3.25. The van der Waals surface area contributed by atoms with Gasteiger partial charge in [0.15, 0.2) is 0 Å². The van der Waals surface area contributed by atoms with E-state index < -0.39 is 10.0 Å². The van der Waals surface area contributed by atoms with E-state index >= 15 is 0 Å². The van der Waals surface area contributed by atoms with Gasteiger partial charge in [0.1, 0.15) is 4.90 Å². The molecule has 3 N–H and O–H groups in total. The fourth-order valence-corrected chi connectivity index (χ4v) is 3.98. The number of benzene rings is 2. The van der Waals surface area contributed by atoms with Gasteiger partial charge < -0.3 is 5.73 Å².